The van der Waals surface area contributed by atoms with Crippen molar-refractivity contribution < 1.29 is 14.0 Å². The zero-order valence-electron chi connectivity index (χ0n) is 20.0. The van der Waals surface area contributed by atoms with Gasteiger partial charge < -0.3 is 0 Å². The molecule has 0 fully saturated rings. The summed E-state index contributed by atoms with van der Waals surface area (Å²) in [6.45, 7) is 1.74. The number of fused-ring (bicyclic) bond motifs is 1. The number of benzene rings is 2. The minimum absolute atomic E-state index is 0.258. The maximum Gasteiger partial charge on any atom is 0.270 e. The monoisotopic (exact) mass is 526 g/mol. The van der Waals surface area contributed by atoms with Crippen LogP contribution in [0.1, 0.15) is 21.6 Å². The molecule has 5 aromatic rings. The van der Waals surface area contributed by atoms with E-state index in [0.717, 1.165) is 5.56 Å². The van der Waals surface area contributed by atoms with Crippen LogP contribution in [0.2, 0.25) is 5.15 Å². The van der Waals surface area contributed by atoms with Crippen molar-refractivity contribution in [1.29, 1.82) is 0 Å². The SMILES string of the molecule is Cc1nn(-c2ccc(F)cc2)c(Cl)c1/C=C/C(=O)NNC(=O)c1cc(-c2cccnc2)nc2ccccc12. The second-order valence-corrected chi connectivity index (χ2v) is 8.63. The molecule has 2 aromatic carbocycles. The van der Waals surface area contributed by atoms with E-state index >= 15 is 0 Å². The van der Waals surface area contributed by atoms with Crippen LogP contribution in [0, 0.1) is 12.7 Å². The first-order chi connectivity index (χ1) is 18.4. The third-order valence-electron chi connectivity index (χ3n) is 5.74. The van der Waals surface area contributed by atoms with Gasteiger partial charge in [0.1, 0.15) is 11.0 Å². The Bertz CT molecular complexity index is 1680. The molecule has 3 heterocycles. The number of para-hydroxylation sites is 1. The molecule has 0 saturated carbocycles. The highest BCUT2D eigenvalue weighted by molar-refractivity contribution is 6.31. The minimum atomic E-state index is -0.575. The summed E-state index contributed by atoms with van der Waals surface area (Å²) in [4.78, 5) is 34.3. The number of hydrazine groups is 1. The van der Waals surface area contributed by atoms with Crippen LogP contribution in [-0.4, -0.2) is 31.6 Å². The first kappa shape index (κ1) is 24.8. The standard InChI is InChI=1S/C28H20ClFN6O2/c1-17-21(27(29)36(35-17)20-10-8-19(30)9-11-20)12-13-26(37)33-34-28(38)23-15-25(18-5-4-14-31-16-18)32-24-7-3-2-6-22(23)24/h2-16H,1H3,(H,33,37)(H,34,38)/b13-12+. The molecule has 3 aromatic heterocycles. The van der Waals surface area contributed by atoms with Gasteiger partial charge in [-0.15, -0.1) is 0 Å². The number of amides is 2. The molecule has 10 heteroatoms. The number of aryl methyl sites for hydroxylation is 1. The lowest BCUT2D eigenvalue weighted by molar-refractivity contribution is -0.117. The maximum atomic E-state index is 13.3. The Hall–Kier alpha value is -4.89. The third-order valence-corrected chi connectivity index (χ3v) is 6.10. The molecular weight excluding hydrogens is 507 g/mol. The quantitative estimate of drug-likeness (QED) is 0.246. The molecule has 0 saturated heterocycles. The van der Waals surface area contributed by atoms with Crippen molar-refractivity contribution in [2.75, 3.05) is 0 Å². The van der Waals surface area contributed by atoms with Gasteiger partial charge in [0.15, 0.2) is 0 Å². The topological polar surface area (TPSA) is 102 Å². The van der Waals surface area contributed by atoms with E-state index in [9.17, 15) is 14.0 Å². The van der Waals surface area contributed by atoms with E-state index < -0.39 is 11.8 Å². The Morgan fingerprint density at radius 1 is 1.03 bits per heavy atom. The number of pyridine rings is 2. The summed E-state index contributed by atoms with van der Waals surface area (Å²) in [6, 6.07) is 18.2. The van der Waals surface area contributed by atoms with Gasteiger partial charge >= 0.3 is 0 Å². The summed E-state index contributed by atoms with van der Waals surface area (Å²) < 4.78 is 14.7. The average molecular weight is 527 g/mol. The van der Waals surface area contributed by atoms with Gasteiger partial charge in [-0.1, -0.05) is 29.8 Å². The number of carbonyl (C=O) groups excluding carboxylic acids is 2. The van der Waals surface area contributed by atoms with E-state index in [1.54, 1.807) is 49.6 Å². The maximum absolute atomic E-state index is 13.3. The summed E-state index contributed by atoms with van der Waals surface area (Å²) in [5.74, 6) is -1.45. The molecule has 5 rings (SSSR count). The van der Waals surface area contributed by atoms with E-state index in [1.807, 2.05) is 24.3 Å². The summed E-state index contributed by atoms with van der Waals surface area (Å²) in [7, 11) is 0. The second-order valence-electron chi connectivity index (χ2n) is 8.27. The Balaban J connectivity index is 1.32. The number of carbonyl (C=O) groups is 2. The van der Waals surface area contributed by atoms with Crippen molar-refractivity contribution in [2.45, 2.75) is 6.92 Å². The normalized spacial score (nSPS) is 11.1. The van der Waals surface area contributed by atoms with Crippen molar-refractivity contribution >= 4 is 40.4 Å². The Kier molecular flexibility index (Phi) is 6.92. The summed E-state index contributed by atoms with van der Waals surface area (Å²) in [5, 5.41) is 5.26. The fourth-order valence-corrected chi connectivity index (χ4v) is 4.20. The molecule has 0 aliphatic rings. The fourth-order valence-electron chi connectivity index (χ4n) is 3.87. The van der Waals surface area contributed by atoms with Crippen molar-refractivity contribution in [3.05, 3.63) is 113 Å². The highest BCUT2D eigenvalue weighted by Crippen LogP contribution is 2.26. The molecule has 0 unspecified atom stereocenters. The van der Waals surface area contributed by atoms with Crippen LogP contribution in [0.4, 0.5) is 4.39 Å². The highest BCUT2D eigenvalue weighted by Gasteiger charge is 2.16. The van der Waals surface area contributed by atoms with Crippen molar-refractivity contribution in [3.8, 4) is 16.9 Å². The number of aromatic nitrogens is 4. The largest absolute Gasteiger partial charge is 0.270 e. The molecule has 0 radical (unpaired) electrons. The van der Waals surface area contributed by atoms with E-state index in [4.69, 9.17) is 11.6 Å². The van der Waals surface area contributed by atoms with Crippen molar-refractivity contribution in [3.63, 3.8) is 0 Å². The van der Waals surface area contributed by atoms with E-state index in [2.05, 4.69) is 25.9 Å². The van der Waals surface area contributed by atoms with Gasteiger partial charge in [0.25, 0.3) is 11.8 Å². The molecule has 2 N–H and O–H groups in total. The van der Waals surface area contributed by atoms with Gasteiger partial charge in [-0.25, -0.2) is 14.1 Å². The zero-order valence-corrected chi connectivity index (χ0v) is 20.8. The molecule has 0 aliphatic carbocycles. The van der Waals surface area contributed by atoms with E-state index in [0.29, 0.717) is 39.1 Å². The number of nitrogens with one attached hydrogen (secondary N) is 2. The lowest BCUT2D eigenvalue weighted by atomic mass is 10.0. The number of rotatable bonds is 5. The zero-order chi connectivity index (χ0) is 26.6. The Labute approximate surface area is 221 Å². The van der Waals surface area contributed by atoms with Gasteiger partial charge in [0.05, 0.1) is 28.2 Å². The van der Waals surface area contributed by atoms with Gasteiger partial charge in [0.2, 0.25) is 0 Å². The van der Waals surface area contributed by atoms with Gasteiger partial charge in [-0.05, 0) is 61.5 Å². The third kappa shape index (κ3) is 5.14. The average Bonchev–Trinajstić information content (AvgIpc) is 3.23. The Morgan fingerprint density at radius 2 is 1.82 bits per heavy atom. The smallest absolute Gasteiger partial charge is 0.268 e. The molecular formula is C28H20ClFN6O2. The minimum Gasteiger partial charge on any atom is -0.268 e. The summed E-state index contributed by atoms with van der Waals surface area (Å²) in [5.41, 5.74) is 8.81. The fraction of sp³-hybridized carbons (Fsp3) is 0.0357. The summed E-state index contributed by atoms with van der Waals surface area (Å²) >= 11 is 6.46. The van der Waals surface area contributed by atoms with Gasteiger partial charge in [-0.2, -0.15) is 5.10 Å². The van der Waals surface area contributed by atoms with Crippen LogP contribution in [-0.2, 0) is 4.79 Å². The van der Waals surface area contributed by atoms with E-state index in [1.165, 1.54) is 29.0 Å². The van der Waals surface area contributed by atoms with Gasteiger partial charge in [0, 0.05) is 35.0 Å². The first-order valence-electron chi connectivity index (χ1n) is 11.5. The first-order valence-corrected chi connectivity index (χ1v) is 11.9. The predicted octanol–water partition coefficient (Wildman–Crippen LogP) is 5.06. The van der Waals surface area contributed by atoms with Crippen LogP contribution in [0.5, 0.6) is 0 Å². The van der Waals surface area contributed by atoms with Crippen LogP contribution in [0.3, 0.4) is 0 Å². The highest BCUT2D eigenvalue weighted by atomic mass is 35.5. The lowest BCUT2D eigenvalue weighted by Crippen LogP contribution is -2.40. The number of halogens is 2. The number of hydrogen-bond donors (Lipinski definition) is 2. The van der Waals surface area contributed by atoms with Crippen molar-refractivity contribution in [1.82, 2.24) is 30.6 Å². The molecule has 38 heavy (non-hydrogen) atoms. The molecule has 0 bridgehead atoms. The Morgan fingerprint density at radius 3 is 2.58 bits per heavy atom. The molecule has 2 amide bonds. The van der Waals surface area contributed by atoms with Crippen LogP contribution in [0.25, 0.3) is 33.9 Å². The molecule has 0 atom stereocenters. The van der Waals surface area contributed by atoms with Crippen LogP contribution < -0.4 is 10.9 Å². The second kappa shape index (κ2) is 10.6. The number of hydrogen-bond acceptors (Lipinski definition) is 5. The molecule has 188 valence electrons. The van der Waals surface area contributed by atoms with Gasteiger partial charge in [-0.3, -0.25) is 25.4 Å². The predicted molar refractivity (Wildman–Crippen MR) is 143 cm³/mol. The lowest BCUT2D eigenvalue weighted by Gasteiger charge is -2.10. The molecule has 0 aliphatic heterocycles. The summed E-state index contributed by atoms with van der Waals surface area (Å²) in [6.07, 6.45) is 6.05. The van der Waals surface area contributed by atoms with Crippen molar-refractivity contribution in [2.24, 2.45) is 0 Å². The molecule has 0 spiro atoms. The molecule has 8 nitrogen and oxygen atoms in total. The number of nitrogens with zero attached hydrogens (tertiary/aromatic N) is 4. The van der Waals surface area contributed by atoms with Crippen LogP contribution in [0.15, 0.2) is 85.2 Å². The van der Waals surface area contributed by atoms with Crippen LogP contribution >= 0.6 is 11.6 Å². The van der Waals surface area contributed by atoms with E-state index in [-0.39, 0.29) is 11.0 Å².